The highest BCUT2D eigenvalue weighted by Crippen LogP contribution is 2.37. The van der Waals surface area contributed by atoms with Crippen molar-refractivity contribution >= 4 is 28.7 Å². The van der Waals surface area contributed by atoms with Crippen molar-refractivity contribution in [2.24, 2.45) is 0 Å². The van der Waals surface area contributed by atoms with E-state index in [1.807, 2.05) is 16.8 Å². The van der Waals surface area contributed by atoms with E-state index >= 15 is 0 Å². The average molecular weight is 477 g/mol. The van der Waals surface area contributed by atoms with Gasteiger partial charge in [-0.3, -0.25) is 14.9 Å². The van der Waals surface area contributed by atoms with E-state index in [1.165, 1.54) is 24.3 Å². The third kappa shape index (κ3) is 5.09. The monoisotopic (exact) mass is 477 g/mol. The number of nitro groups is 1. The number of nitrogens with one attached hydrogen (secondary N) is 1. The molecule has 2 aromatic carbocycles. The smallest absolute Gasteiger partial charge is 0.370 e. The highest BCUT2D eigenvalue weighted by molar-refractivity contribution is 6.06. The van der Waals surface area contributed by atoms with E-state index in [0.717, 1.165) is 38.1 Å². The first kappa shape index (κ1) is 23.8. The average Bonchev–Trinajstić information content (AvgIpc) is 3.33. The van der Waals surface area contributed by atoms with E-state index < -0.39 is 22.6 Å². The van der Waals surface area contributed by atoms with Gasteiger partial charge in [0.1, 0.15) is 5.69 Å². The number of nitro benzene ring substituents is 1. The minimum absolute atomic E-state index is 0.00867. The van der Waals surface area contributed by atoms with Gasteiger partial charge in [-0.2, -0.15) is 13.2 Å². The van der Waals surface area contributed by atoms with Crippen LogP contribution in [0.5, 0.6) is 0 Å². The van der Waals surface area contributed by atoms with E-state index in [1.54, 1.807) is 0 Å². The van der Waals surface area contributed by atoms with E-state index in [4.69, 9.17) is 0 Å². The molecule has 4 rings (SSSR count). The summed E-state index contributed by atoms with van der Waals surface area (Å²) in [4.78, 5) is 30.2. The predicted molar refractivity (Wildman–Crippen MR) is 124 cm³/mol. The molecule has 2 aliphatic rings. The fourth-order valence-corrected chi connectivity index (χ4v) is 4.37. The number of carbonyl (C=O) groups is 1. The number of anilines is 3. The summed E-state index contributed by atoms with van der Waals surface area (Å²) in [7, 11) is 1.98. The molecule has 2 aromatic rings. The van der Waals surface area contributed by atoms with Gasteiger partial charge in [0.05, 0.1) is 21.9 Å². The van der Waals surface area contributed by atoms with Gasteiger partial charge in [0, 0.05) is 50.9 Å². The maximum atomic E-state index is 13.3. The molecule has 0 aliphatic carbocycles. The first-order valence-electron chi connectivity index (χ1n) is 11.1. The number of hydrogen-bond acceptors (Lipinski definition) is 6. The Labute approximate surface area is 195 Å². The van der Waals surface area contributed by atoms with Crippen LogP contribution < -0.4 is 15.1 Å². The van der Waals surface area contributed by atoms with Crippen LogP contribution in [0, 0.1) is 10.1 Å². The summed E-state index contributed by atoms with van der Waals surface area (Å²) in [6, 6.07) is 7.47. The summed E-state index contributed by atoms with van der Waals surface area (Å²) >= 11 is 0. The standard InChI is InChI=1S/C23H26F3N5O3/c1-28-10-12-30(13-11-28)20-6-4-16(14-21(20)31(33)34)22(32)27-18-15-17(23(24,25)26)5-7-19(18)29-8-2-3-9-29/h4-7,14-15H,2-3,8-13H2,1H3,(H,27,32). The van der Waals surface area contributed by atoms with Crippen LogP contribution in [-0.2, 0) is 6.18 Å². The highest BCUT2D eigenvalue weighted by atomic mass is 19.4. The molecule has 1 amide bonds. The maximum Gasteiger partial charge on any atom is 0.416 e. The van der Waals surface area contributed by atoms with Gasteiger partial charge in [-0.25, -0.2) is 0 Å². The molecule has 8 nitrogen and oxygen atoms in total. The summed E-state index contributed by atoms with van der Waals surface area (Å²) in [5.74, 6) is -0.701. The van der Waals surface area contributed by atoms with Crippen LogP contribution in [0.4, 0.5) is 35.9 Å². The van der Waals surface area contributed by atoms with Crippen molar-refractivity contribution in [3.8, 4) is 0 Å². The third-order valence-electron chi connectivity index (χ3n) is 6.30. The van der Waals surface area contributed by atoms with Gasteiger partial charge < -0.3 is 20.0 Å². The van der Waals surface area contributed by atoms with Crippen LogP contribution in [0.2, 0.25) is 0 Å². The van der Waals surface area contributed by atoms with Crippen molar-refractivity contribution < 1.29 is 22.9 Å². The molecule has 0 unspecified atom stereocenters. The van der Waals surface area contributed by atoms with Crippen molar-refractivity contribution in [2.45, 2.75) is 19.0 Å². The fraction of sp³-hybridized carbons (Fsp3) is 0.435. The van der Waals surface area contributed by atoms with Gasteiger partial charge in [0.2, 0.25) is 0 Å². The quantitative estimate of drug-likeness (QED) is 0.513. The van der Waals surface area contributed by atoms with Gasteiger partial charge in [0.15, 0.2) is 0 Å². The van der Waals surface area contributed by atoms with E-state index in [9.17, 15) is 28.1 Å². The van der Waals surface area contributed by atoms with Crippen LogP contribution in [0.3, 0.4) is 0 Å². The SMILES string of the molecule is CN1CCN(c2ccc(C(=O)Nc3cc(C(F)(F)F)ccc3N3CCCC3)cc2[N+](=O)[O-])CC1. The van der Waals surface area contributed by atoms with Crippen LogP contribution in [0.1, 0.15) is 28.8 Å². The summed E-state index contributed by atoms with van der Waals surface area (Å²) in [6.45, 7) is 4.11. The minimum atomic E-state index is -4.56. The van der Waals surface area contributed by atoms with Crippen molar-refractivity contribution in [1.82, 2.24) is 4.90 Å². The molecule has 0 atom stereocenters. The lowest BCUT2D eigenvalue weighted by atomic mass is 10.1. The van der Waals surface area contributed by atoms with Gasteiger partial charge in [-0.1, -0.05) is 0 Å². The Morgan fingerprint density at radius 1 is 0.941 bits per heavy atom. The molecular formula is C23H26F3N5O3. The van der Waals surface area contributed by atoms with Gasteiger partial charge in [-0.05, 0) is 50.2 Å². The van der Waals surface area contributed by atoms with E-state index in [-0.39, 0.29) is 16.9 Å². The zero-order valence-corrected chi connectivity index (χ0v) is 18.8. The van der Waals surface area contributed by atoms with Gasteiger partial charge in [0.25, 0.3) is 11.6 Å². The molecule has 34 heavy (non-hydrogen) atoms. The molecule has 2 aliphatic heterocycles. The maximum absolute atomic E-state index is 13.3. The van der Waals surface area contributed by atoms with Crippen molar-refractivity contribution in [1.29, 1.82) is 0 Å². The molecule has 0 spiro atoms. The lowest BCUT2D eigenvalue weighted by molar-refractivity contribution is -0.384. The largest absolute Gasteiger partial charge is 0.416 e. The second-order valence-corrected chi connectivity index (χ2v) is 8.63. The Kier molecular flexibility index (Phi) is 6.65. The number of amides is 1. The predicted octanol–water partition coefficient (Wildman–Crippen LogP) is 4.22. The van der Waals surface area contributed by atoms with Crippen LogP contribution in [-0.4, -0.2) is 62.0 Å². The number of rotatable bonds is 5. The topological polar surface area (TPSA) is 82.0 Å². The molecule has 182 valence electrons. The molecule has 2 heterocycles. The summed E-state index contributed by atoms with van der Waals surface area (Å²) in [5, 5.41) is 14.3. The molecular weight excluding hydrogens is 451 g/mol. The second kappa shape index (κ2) is 9.49. The summed E-state index contributed by atoms with van der Waals surface area (Å²) in [6.07, 6.45) is -2.74. The number of hydrogen-bond donors (Lipinski definition) is 1. The Morgan fingerprint density at radius 2 is 1.56 bits per heavy atom. The molecule has 11 heteroatoms. The Bertz CT molecular complexity index is 1080. The third-order valence-corrected chi connectivity index (χ3v) is 6.30. The summed E-state index contributed by atoms with van der Waals surface area (Å²) in [5.41, 5.74) is -0.112. The van der Waals surface area contributed by atoms with Gasteiger partial charge >= 0.3 is 6.18 Å². The first-order chi connectivity index (χ1) is 16.1. The molecule has 0 aromatic heterocycles. The van der Waals surface area contributed by atoms with Crippen molar-refractivity contribution in [2.75, 3.05) is 61.4 Å². The lowest BCUT2D eigenvalue weighted by Crippen LogP contribution is -2.44. The highest BCUT2D eigenvalue weighted by Gasteiger charge is 2.32. The summed E-state index contributed by atoms with van der Waals surface area (Å²) < 4.78 is 39.9. The Morgan fingerprint density at radius 3 is 2.18 bits per heavy atom. The minimum Gasteiger partial charge on any atom is -0.370 e. The fourth-order valence-electron chi connectivity index (χ4n) is 4.37. The lowest BCUT2D eigenvalue weighted by Gasteiger charge is -2.33. The Hall–Kier alpha value is -3.34. The second-order valence-electron chi connectivity index (χ2n) is 8.63. The number of likely N-dealkylation sites (N-methyl/N-ethyl adjacent to an activating group) is 1. The van der Waals surface area contributed by atoms with E-state index in [0.29, 0.717) is 37.6 Å². The first-order valence-corrected chi connectivity index (χ1v) is 11.1. The molecule has 2 saturated heterocycles. The van der Waals surface area contributed by atoms with E-state index in [2.05, 4.69) is 10.2 Å². The zero-order chi connectivity index (χ0) is 24.5. The van der Waals surface area contributed by atoms with Crippen molar-refractivity contribution in [3.63, 3.8) is 0 Å². The Balaban J connectivity index is 1.63. The molecule has 0 saturated carbocycles. The molecule has 0 bridgehead atoms. The van der Waals surface area contributed by atoms with Gasteiger partial charge in [-0.15, -0.1) is 0 Å². The van der Waals surface area contributed by atoms with Crippen LogP contribution in [0.25, 0.3) is 0 Å². The molecule has 0 radical (unpaired) electrons. The zero-order valence-electron chi connectivity index (χ0n) is 18.8. The molecule has 1 N–H and O–H groups in total. The van der Waals surface area contributed by atoms with Crippen molar-refractivity contribution in [3.05, 3.63) is 57.6 Å². The number of halogens is 3. The normalized spacial score (nSPS) is 17.2. The number of alkyl halides is 3. The van der Waals surface area contributed by atoms with Crippen LogP contribution >= 0.6 is 0 Å². The number of nitrogens with zero attached hydrogens (tertiary/aromatic N) is 4. The number of piperazine rings is 1. The molecule has 2 fully saturated rings. The number of benzene rings is 2. The number of carbonyl (C=O) groups excluding carboxylic acids is 1. The van der Waals surface area contributed by atoms with Crippen LogP contribution in [0.15, 0.2) is 36.4 Å².